The van der Waals surface area contributed by atoms with Crippen LogP contribution in [0.5, 0.6) is 0 Å². The molecule has 0 bridgehead atoms. The number of aryl methyl sites for hydroxylation is 1. The van der Waals surface area contributed by atoms with Crippen molar-refractivity contribution in [3.8, 4) is 0 Å². The van der Waals surface area contributed by atoms with Crippen molar-refractivity contribution in [2.75, 3.05) is 7.11 Å². The van der Waals surface area contributed by atoms with Crippen LogP contribution >= 0.6 is 11.3 Å². The van der Waals surface area contributed by atoms with Crippen LogP contribution in [-0.2, 0) is 4.74 Å². The maximum Gasteiger partial charge on any atom is 0.0724 e. The molecule has 2 rings (SSSR count). The van der Waals surface area contributed by atoms with Gasteiger partial charge in [0.1, 0.15) is 0 Å². The zero-order chi connectivity index (χ0) is 12.3. The standard InChI is InChI=1S/C14H23NOS/c1-10-8-9-14(17-10)11(2)15-12-6-4-5-7-13(12)16-3/h8-9,11-13,15H,4-7H2,1-3H3. The zero-order valence-electron chi connectivity index (χ0n) is 11.0. The number of rotatable bonds is 4. The molecule has 3 atom stereocenters. The lowest BCUT2D eigenvalue weighted by atomic mass is 9.92. The molecular formula is C14H23NOS. The Kier molecular flexibility index (Phi) is 4.60. The average molecular weight is 253 g/mol. The predicted molar refractivity (Wildman–Crippen MR) is 73.7 cm³/mol. The highest BCUT2D eigenvalue weighted by atomic mass is 32.1. The van der Waals surface area contributed by atoms with E-state index >= 15 is 0 Å². The number of ether oxygens (including phenoxy) is 1. The molecule has 1 heterocycles. The average Bonchev–Trinajstić information content (AvgIpc) is 2.77. The van der Waals surface area contributed by atoms with Gasteiger partial charge in [0.05, 0.1) is 6.10 Å². The fourth-order valence-corrected chi connectivity index (χ4v) is 3.55. The third kappa shape index (κ3) is 3.30. The Morgan fingerprint density at radius 1 is 1.35 bits per heavy atom. The minimum Gasteiger partial charge on any atom is -0.380 e. The van der Waals surface area contributed by atoms with E-state index in [9.17, 15) is 0 Å². The van der Waals surface area contributed by atoms with Gasteiger partial charge >= 0.3 is 0 Å². The summed E-state index contributed by atoms with van der Waals surface area (Å²) in [6.07, 6.45) is 5.47. The van der Waals surface area contributed by atoms with Crippen LogP contribution in [0.2, 0.25) is 0 Å². The van der Waals surface area contributed by atoms with Crippen molar-refractivity contribution in [3.63, 3.8) is 0 Å². The number of hydrogen-bond donors (Lipinski definition) is 1. The van der Waals surface area contributed by atoms with Gasteiger partial charge in [0, 0.05) is 28.9 Å². The Morgan fingerprint density at radius 3 is 2.76 bits per heavy atom. The van der Waals surface area contributed by atoms with E-state index < -0.39 is 0 Å². The van der Waals surface area contributed by atoms with Gasteiger partial charge < -0.3 is 10.1 Å². The van der Waals surface area contributed by atoms with Gasteiger partial charge in [0.2, 0.25) is 0 Å². The van der Waals surface area contributed by atoms with Crippen LogP contribution in [0, 0.1) is 6.92 Å². The van der Waals surface area contributed by atoms with Crippen molar-refractivity contribution >= 4 is 11.3 Å². The molecular weight excluding hydrogens is 230 g/mol. The molecule has 1 saturated carbocycles. The third-order valence-electron chi connectivity index (χ3n) is 3.66. The molecule has 2 nitrogen and oxygen atoms in total. The van der Waals surface area contributed by atoms with Crippen LogP contribution in [0.4, 0.5) is 0 Å². The molecule has 1 aromatic rings. The maximum atomic E-state index is 5.59. The van der Waals surface area contributed by atoms with E-state index in [1.807, 2.05) is 18.4 Å². The molecule has 1 N–H and O–H groups in total. The lowest BCUT2D eigenvalue weighted by molar-refractivity contribution is 0.0385. The first-order valence-electron chi connectivity index (χ1n) is 6.56. The summed E-state index contributed by atoms with van der Waals surface area (Å²) < 4.78 is 5.59. The minimum absolute atomic E-state index is 0.396. The molecule has 0 amide bonds. The van der Waals surface area contributed by atoms with E-state index in [-0.39, 0.29) is 0 Å². The highest BCUT2D eigenvalue weighted by Crippen LogP contribution is 2.26. The SMILES string of the molecule is COC1CCCCC1NC(C)c1ccc(C)s1. The highest BCUT2D eigenvalue weighted by Gasteiger charge is 2.26. The van der Waals surface area contributed by atoms with Crippen molar-refractivity contribution in [1.82, 2.24) is 5.32 Å². The van der Waals surface area contributed by atoms with E-state index in [0.29, 0.717) is 18.2 Å². The normalized spacial score (nSPS) is 27.0. The Bertz CT molecular complexity index is 350. The van der Waals surface area contributed by atoms with E-state index in [0.717, 1.165) is 0 Å². The monoisotopic (exact) mass is 253 g/mol. The lowest BCUT2D eigenvalue weighted by Gasteiger charge is -2.33. The van der Waals surface area contributed by atoms with Gasteiger partial charge in [0.25, 0.3) is 0 Å². The lowest BCUT2D eigenvalue weighted by Crippen LogP contribution is -2.43. The largest absolute Gasteiger partial charge is 0.380 e. The Hall–Kier alpha value is -0.380. The van der Waals surface area contributed by atoms with Gasteiger partial charge in [0.15, 0.2) is 0 Å². The Morgan fingerprint density at radius 2 is 2.12 bits per heavy atom. The fourth-order valence-electron chi connectivity index (χ4n) is 2.66. The quantitative estimate of drug-likeness (QED) is 0.884. The van der Waals surface area contributed by atoms with Gasteiger partial charge in [-0.3, -0.25) is 0 Å². The first-order valence-corrected chi connectivity index (χ1v) is 7.37. The summed E-state index contributed by atoms with van der Waals surface area (Å²) in [5.74, 6) is 0. The predicted octanol–water partition coefficient (Wildman–Crippen LogP) is 3.66. The molecule has 96 valence electrons. The number of methoxy groups -OCH3 is 1. The molecule has 1 aliphatic carbocycles. The number of thiophene rings is 1. The van der Waals surface area contributed by atoms with Crippen molar-refractivity contribution < 1.29 is 4.74 Å². The Labute approximate surface area is 108 Å². The molecule has 0 radical (unpaired) electrons. The molecule has 17 heavy (non-hydrogen) atoms. The summed E-state index contributed by atoms with van der Waals surface area (Å²) in [5.41, 5.74) is 0. The minimum atomic E-state index is 0.396. The molecule has 0 aliphatic heterocycles. The number of hydrogen-bond acceptors (Lipinski definition) is 3. The van der Waals surface area contributed by atoms with Crippen LogP contribution < -0.4 is 5.32 Å². The van der Waals surface area contributed by atoms with Crippen LogP contribution in [0.25, 0.3) is 0 Å². The molecule has 0 aromatic carbocycles. The van der Waals surface area contributed by atoms with Crippen molar-refractivity contribution in [2.45, 2.75) is 57.7 Å². The van der Waals surface area contributed by atoms with Crippen molar-refractivity contribution in [1.29, 1.82) is 0 Å². The van der Waals surface area contributed by atoms with Gasteiger partial charge in [-0.05, 0) is 38.8 Å². The maximum absolute atomic E-state index is 5.59. The summed E-state index contributed by atoms with van der Waals surface area (Å²) in [7, 11) is 1.84. The highest BCUT2D eigenvalue weighted by molar-refractivity contribution is 7.12. The first-order chi connectivity index (χ1) is 8.20. The summed E-state index contributed by atoms with van der Waals surface area (Å²) >= 11 is 1.89. The fraction of sp³-hybridized carbons (Fsp3) is 0.714. The third-order valence-corrected chi connectivity index (χ3v) is 4.84. The smallest absolute Gasteiger partial charge is 0.0724 e. The summed E-state index contributed by atoms with van der Waals surface area (Å²) in [6, 6.07) is 5.40. The van der Waals surface area contributed by atoms with E-state index in [4.69, 9.17) is 4.74 Å². The summed E-state index contributed by atoms with van der Waals surface area (Å²) in [6.45, 7) is 4.42. The van der Waals surface area contributed by atoms with Crippen LogP contribution in [0.15, 0.2) is 12.1 Å². The molecule has 1 aliphatic rings. The molecule has 3 unspecified atom stereocenters. The van der Waals surface area contributed by atoms with Gasteiger partial charge in [-0.2, -0.15) is 0 Å². The Balaban J connectivity index is 1.94. The first kappa shape index (κ1) is 13.1. The second-order valence-electron chi connectivity index (χ2n) is 5.00. The van der Waals surface area contributed by atoms with Gasteiger partial charge in [-0.15, -0.1) is 11.3 Å². The summed E-state index contributed by atoms with van der Waals surface area (Å²) in [4.78, 5) is 2.82. The van der Waals surface area contributed by atoms with Gasteiger partial charge in [-0.25, -0.2) is 0 Å². The van der Waals surface area contributed by atoms with E-state index in [1.165, 1.54) is 35.4 Å². The van der Waals surface area contributed by atoms with Crippen molar-refractivity contribution in [2.24, 2.45) is 0 Å². The van der Waals surface area contributed by atoms with Crippen LogP contribution in [-0.4, -0.2) is 19.3 Å². The second kappa shape index (κ2) is 5.98. The van der Waals surface area contributed by atoms with Crippen LogP contribution in [0.1, 0.15) is 48.4 Å². The van der Waals surface area contributed by atoms with Crippen LogP contribution in [0.3, 0.4) is 0 Å². The summed E-state index contributed by atoms with van der Waals surface area (Å²) in [5, 5.41) is 3.73. The molecule has 3 heteroatoms. The van der Waals surface area contributed by atoms with Crippen molar-refractivity contribution in [3.05, 3.63) is 21.9 Å². The zero-order valence-corrected chi connectivity index (χ0v) is 11.8. The molecule has 0 saturated heterocycles. The molecule has 0 spiro atoms. The molecule has 1 fully saturated rings. The topological polar surface area (TPSA) is 21.3 Å². The second-order valence-corrected chi connectivity index (χ2v) is 6.32. The number of nitrogens with one attached hydrogen (secondary N) is 1. The molecule has 1 aromatic heterocycles. The van der Waals surface area contributed by atoms with E-state index in [1.54, 1.807) is 0 Å². The van der Waals surface area contributed by atoms with Gasteiger partial charge in [-0.1, -0.05) is 12.8 Å². The van der Waals surface area contributed by atoms with E-state index in [2.05, 4.69) is 31.3 Å².